The number of aromatic nitrogens is 1. The van der Waals surface area contributed by atoms with Crippen molar-refractivity contribution in [3.63, 3.8) is 0 Å². The zero-order chi connectivity index (χ0) is 20.1. The van der Waals surface area contributed by atoms with Gasteiger partial charge in [0.15, 0.2) is 0 Å². The first-order valence-electron chi connectivity index (χ1n) is 10.0. The molecule has 0 N–H and O–H groups in total. The lowest BCUT2D eigenvalue weighted by Gasteiger charge is -2.23. The molecule has 0 unspecified atom stereocenters. The Morgan fingerprint density at radius 3 is 2.45 bits per heavy atom. The summed E-state index contributed by atoms with van der Waals surface area (Å²) in [6.07, 6.45) is 7.52. The van der Waals surface area contributed by atoms with Gasteiger partial charge in [-0.2, -0.15) is 0 Å². The SMILES string of the molecule is Cc1cc(-c2ccc(-c3ccc(Cl)cc3)cn2)ccc1OCCN1CC=CCC1. The predicted molar refractivity (Wildman–Crippen MR) is 121 cm³/mol. The molecule has 0 saturated carbocycles. The first-order valence-corrected chi connectivity index (χ1v) is 10.4. The van der Waals surface area contributed by atoms with Gasteiger partial charge in [0.2, 0.25) is 0 Å². The van der Waals surface area contributed by atoms with Crippen LogP contribution in [0.25, 0.3) is 22.4 Å². The molecule has 148 valence electrons. The molecular formula is C25H25ClN2O. The highest BCUT2D eigenvalue weighted by Gasteiger charge is 2.08. The molecule has 1 aromatic heterocycles. The highest BCUT2D eigenvalue weighted by atomic mass is 35.5. The number of pyridine rings is 1. The van der Waals surface area contributed by atoms with Crippen molar-refractivity contribution in [2.24, 2.45) is 0 Å². The maximum Gasteiger partial charge on any atom is 0.122 e. The van der Waals surface area contributed by atoms with Crippen molar-refractivity contribution in [3.05, 3.63) is 83.5 Å². The third kappa shape index (κ3) is 5.06. The van der Waals surface area contributed by atoms with Crippen molar-refractivity contribution < 1.29 is 4.74 Å². The largest absolute Gasteiger partial charge is 0.492 e. The summed E-state index contributed by atoms with van der Waals surface area (Å²) in [5.41, 5.74) is 5.37. The molecule has 0 radical (unpaired) electrons. The van der Waals surface area contributed by atoms with Crippen LogP contribution >= 0.6 is 11.6 Å². The average molecular weight is 405 g/mol. The van der Waals surface area contributed by atoms with Gasteiger partial charge >= 0.3 is 0 Å². The van der Waals surface area contributed by atoms with Crippen LogP contribution in [0, 0.1) is 6.92 Å². The van der Waals surface area contributed by atoms with E-state index < -0.39 is 0 Å². The van der Waals surface area contributed by atoms with Crippen LogP contribution in [0.2, 0.25) is 5.02 Å². The fraction of sp³-hybridized carbons (Fsp3) is 0.240. The molecule has 0 aliphatic carbocycles. The second-order valence-electron chi connectivity index (χ2n) is 7.33. The molecule has 1 aliphatic rings. The van der Waals surface area contributed by atoms with E-state index in [0.717, 1.165) is 64.8 Å². The molecule has 29 heavy (non-hydrogen) atoms. The summed E-state index contributed by atoms with van der Waals surface area (Å²) >= 11 is 5.97. The summed E-state index contributed by atoms with van der Waals surface area (Å²) in [5, 5.41) is 0.740. The highest BCUT2D eigenvalue weighted by molar-refractivity contribution is 6.30. The van der Waals surface area contributed by atoms with Crippen LogP contribution in [-0.4, -0.2) is 36.1 Å². The monoisotopic (exact) mass is 404 g/mol. The van der Waals surface area contributed by atoms with Gasteiger partial charge < -0.3 is 4.74 Å². The Balaban J connectivity index is 1.40. The molecule has 3 aromatic rings. The molecule has 4 heteroatoms. The minimum Gasteiger partial charge on any atom is -0.492 e. The minimum absolute atomic E-state index is 0.710. The summed E-state index contributed by atoms with van der Waals surface area (Å²) in [4.78, 5) is 7.07. The van der Waals surface area contributed by atoms with Gasteiger partial charge in [-0.25, -0.2) is 0 Å². The van der Waals surface area contributed by atoms with Gasteiger partial charge in [-0.1, -0.05) is 42.0 Å². The lowest BCUT2D eigenvalue weighted by atomic mass is 10.0. The Morgan fingerprint density at radius 2 is 1.76 bits per heavy atom. The number of aryl methyl sites for hydroxylation is 1. The lowest BCUT2D eigenvalue weighted by Crippen LogP contribution is -2.31. The third-order valence-electron chi connectivity index (χ3n) is 5.22. The Kier molecular flexibility index (Phi) is 6.28. The van der Waals surface area contributed by atoms with Gasteiger partial charge in [-0.3, -0.25) is 9.88 Å². The predicted octanol–water partition coefficient (Wildman–Crippen LogP) is 6.02. The van der Waals surface area contributed by atoms with Gasteiger partial charge in [0, 0.05) is 42.0 Å². The molecule has 0 bridgehead atoms. The molecule has 0 fully saturated rings. The number of ether oxygens (including phenoxy) is 1. The van der Waals surface area contributed by atoms with Crippen molar-refractivity contribution in [1.29, 1.82) is 0 Å². The topological polar surface area (TPSA) is 25.4 Å². The molecule has 3 nitrogen and oxygen atoms in total. The number of hydrogen-bond acceptors (Lipinski definition) is 3. The molecule has 0 spiro atoms. The van der Waals surface area contributed by atoms with Crippen LogP contribution in [-0.2, 0) is 0 Å². The molecule has 2 aromatic carbocycles. The van der Waals surface area contributed by atoms with Crippen molar-refractivity contribution in [3.8, 4) is 28.1 Å². The van der Waals surface area contributed by atoms with Crippen LogP contribution < -0.4 is 4.74 Å². The molecule has 0 saturated heterocycles. The first kappa shape index (κ1) is 19.7. The van der Waals surface area contributed by atoms with E-state index in [1.807, 2.05) is 30.5 Å². The van der Waals surface area contributed by atoms with Gasteiger partial charge in [0.05, 0.1) is 5.69 Å². The fourth-order valence-corrected chi connectivity index (χ4v) is 3.65. The summed E-state index contributed by atoms with van der Waals surface area (Å²) < 4.78 is 6.02. The van der Waals surface area contributed by atoms with E-state index in [9.17, 15) is 0 Å². The number of halogens is 1. The van der Waals surface area contributed by atoms with E-state index in [-0.39, 0.29) is 0 Å². The van der Waals surface area contributed by atoms with Gasteiger partial charge in [0.1, 0.15) is 12.4 Å². The number of hydrogen-bond donors (Lipinski definition) is 0. The van der Waals surface area contributed by atoms with Gasteiger partial charge in [-0.15, -0.1) is 0 Å². The van der Waals surface area contributed by atoms with Crippen LogP contribution in [0.4, 0.5) is 0 Å². The summed E-state index contributed by atoms with van der Waals surface area (Å²) in [6.45, 7) is 5.90. The summed E-state index contributed by atoms with van der Waals surface area (Å²) in [6, 6.07) is 18.2. The quantitative estimate of drug-likeness (QED) is 0.470. The average Bonchev–Trinajstić information content (AvgIpc) is 2.76. The highest BCUT2D eigenvalue weighted by Crippen LogP contribution is 2.27. The van der Waals surface area contributed by atoms with Crippen LogP contribution in [0.15, 0.2) is 72.9 Å². The smallest absolute Gasteiger partial charge is 0.122 e. The first-order chi connectivity index (χ1) is 14.2. The van der Waals surface area contributed by atoms with E-state index in [0.29, 0.717) is 6.61 Å². The summed E-state index contributed by atoms with van der Waals surface area (Å²) in [5.74, 6) is 0.944. The van der Waals surface area contributed by atoms with E-state index in [1.165, 1.54) is 0 Å². The van der Waals surface area contributed by atoms with Gasteiger partial charge in [-0.05, 0) is 60.9 Å². The number of nitrogens with zero attached hydrogens (tertiary/aromatic N) is 2. The third-order valence-corrected chi connectivity index (χ3v) is 5.47. The van der Waals surface area contributed by atoms with Crippen LogP contribution in [0.5, 0.6) is 5.75 Å². The maximum atomic E-state index is 6.02. The maximum absolute atomic E-state index is 6.02. The molecule has 4 rings (SSSR count). The second-order valence-corrected chi connectivity index (χ2v) is 7.76. The Bertz CT molecular complexity index is 981. The fourth-order valence-electron chi connectivity index (χ4n) is 3.53. The molecule has 0 amide bonds. The van der Waals surface area contributed by atoms with E-state index in [4.69, 9.17) is 16.3 Å². The van der Waals surface area contributed by atoms with Gasteiger partial charge in [0.25, 0.3) is 0 Å². The van der Waals surface area contributed by atoms with Crippen molar-refractivity contribution >= 4 is 11.6 Å². The normalized spacial score (nSPS) is 14.1. The minimum atomic E-state index is 0.710. The van der Waals surface area contributed by atoms with Crippen molar-refractivity contribution in [1.82, 2.24) is 9.88 Å². The zero-order valence-corrected chi connectivity index (χ0v) is 17.4. The number of rotatable bonds is 6. The Labute approximate surface area is 177 Å². The second kappa shape index (κ2) is 9.25. The van der Waals surface area contributed by atoms with E-state index in [2.05, 4.69) is 59.3 Å². The molecular weight excluding hydrogens is 380 g/mol. The van der Waals surface area contributed by atoms with E-state index in [1.54, 1.807) is 0 Å². The molecule has 2 heterocycles. The number of benzene rings is 2. The Morgan fingerprint density at radius 1 is 0.966 bits per heavy atom. The zero-order valence-electron chi connectivity index (χ0n) is 16.6. The lowest BCUT2D eigenvalue weighted by molar-refractivity contribution is 0.220. The standard InChI is InChI=1S/C25H25ClN2O/c1-19-17-21(8-12-25(19)29-16-15-28-13-3-2-4-14-28)24-11-7-22(18-27-24)20-5-9-23(26)10-6-20/h2-3,5-12,17-18H,4,13-16H2,1H3. The van der Waals surface area contributed by atoms with Crippen molar-refractivity contribution in [2.45, 2.75) is 13.3 Å². The van der Waals surface area contributed by atoms with Crippen molar-refractivity contribution in [2.75, 3.05) is 26.2 Å². The van der Waals surface area contributed by atoms with Crippen LogP contribution in [0.3, 0.4) is 0 Å². The Hall–Kier alpha value is -2.62. The molecule has 1 aliphatic heterocycles. The van der Waals surface area contributed by atoms with E-state index >= 15 is 0 Å². The summed E-state index contributed by atoms with van der Waals surface area (Å²) in [7, 11) is 0. The van der Waals surface area contributed by atoms with Crippen LogP contribution in [0.1, 0.15) is 12.0 Å². The molecule has 0 atom stereocenters.